The van der Waals surface area contributed by atoms with Gasteiger partial charge in [0.15, 0.2) is 0 Å². The van der Waals surface area contributed by atoms with Crippen LogP contribution in [-0.2, 0) is 58.9 Å². The molecule has 3 rings (SSSR count). The van der Waals surface area contributed by atoms with Gasteiger partial charge < -0.3 is 19.4 Å². The normalized spacial score (nSPS) is 12.4. The predicted octanol–water partition coefficient (Wildman–Crippen LogP) is 19.3. The molecule has 2 aromatic carbocycles. The average molecular weight is 930 g/mol. The van der Waals surface area contributed by atoms with Crippen molar-refractivity contribution < 1.29 is 25.1 Å². The van der Waals surface area contributed by atoms with E-state index in [2.05, 4.69) is 93.5 Å². The van der Waals surface area contributed by atoms with Crippen LogP contribution in [0.2, 0.25) is 0 Å². The molecule has 0 fully saturated rings. The van der Waals surface area contributed by atoms with Gasteiger partial charge in [0.05, 0.1) is 0 Å². The Morgan fingerprint density at radius 3 is 0.885 bits per heavy atom. The van der Waals surface area contributed by atoms with Gasteiger partial charge in [-0.15, -0.1) is 0 Å². The summed E-state index contributed by atoms with van der Waals surface area (Å²) >= 11 is 0. The van der Waals surface area contributed by atoms with E-state index >= 15 is 0 Å². The molecule has 1 heterocycles. The van der Waals surface area contributed by atoms with Crippen LogP contribution in [0.1, 0.15) is 268 Å². The molecule has 0 N–H and O–H groups in total. The van der Waals surface area contributed by atoms with E-state index in [1.165, 1.54) is 176 Å². The second-order valence-corrected chi connectivity index (χ2v) is 17.5. The molecular weight excluding hydrogens is 831 g/mol. The maximum atomic E-state index is 13.0. The first-order chi connectivity index (χ1) is 29.4. The van der Waals surface area contributed by atoms with Crippen molar-refractivity contribution in [2.24, 2.45) is 0 Å². The van der Waals surface area contributed by atoms with Crippen LogP contribution in [-0.4, -0.2) is 4.70 Å². The number of benzene rings is 2. The molecule has 0 spiro atoms. The second kappa shape index (κ2) is 37.5. The van der Waals surface area contributed by atoms with Gasteiger partial charge in [-0.25, -0.2) is 4.70 Å². The van der Waals surface area contributed by atoms with Crippen molar-refractivity contribution in [3.05, 3.63) is 99.3 Å². The fourth-order valence-corrected chi connectivity index (χ4v) is 9.17. The number of allylic oxidation sites excluding steroid dienone is 2. The van der Waals surface area contributed by atoms with Crippen molar-refractivity contribution in [1.29, 1.82) is 0 Å². The predicted molar refractivity (Wildman–Crippen MR) is 271 cm³/mol. The van der Waals surface area contributed by atoms with E-state index in [9.17, 15) is 5.53 Å². The minimum atomic E-state index is 0. The Hall–Kier alpha value is -1.82. The second-order valence-electron chi connectivity index (χ2n) is 17.5. The molecule has 0 bridgehead atoms. The Morgan fingerprint density at radius 1 is 0.344 bits per heavy atom. The summed E-state index contributed by atoms with van der Waals surface area (Å²) in [5.74, 6) is 0. The van der Waals surface area contributed by atoms with Gasteiger partial charge in [-0.3, -0.25) is 0 Å². The van der Waals surface area contributed by atoms with Gasteiger partial charge in [-0.1, -0.05) is 145 Å². The first kappa shape index (κ1) is 59.2. The molecule has 0 saturated heterocycles. The monoisotopic (exact) mass is 929 g/mol. The Balaban J connectivity index is 0.00000698. The fraction of sp³-hybridized carbons (Fsp3) is 0.690. The summed E-state index contributed by atoms with van der Waals surface area (Å²) in [6, 6.07) is 10.2. The van der Waals surface area contributed by atoms with Crippen molar-refractivity contribution in [3.8, 4) is 0 Å². The van der Waals surface area contributed by atoms with E-state index < -0.39 is 0 Å². The van der Waals surface area contributed by atoms with Gasteiger partial charge in [0.2, 0.25) is 11.4 Å². The summed E-state index contributed by atoms with van der Waals surface area (Å²) in [7, 11) is 0. The molecule has 0 radical (unpaired) electrons. The zero-order valence-corrected chi connectivity index (χ0v) is 43.7. The van der Waals surface area contributed by atoms with E-state index in [-0.39, 0.29) is 20.4 Å². The van der Waals surface area contributed by atoms with Gasteiger partial charge in [-0.2, -0.15) is 13.8 Å². The third-order valence-electron chi connectivity index (χ3n) is 12.6. The smallest absolute Gasteiger partial charge is 0.493 e. The third-order valence-corrected chi connectivity index (χ3v) is 12.6. The largest absolute Gasteiger partial charge is 2.00 e. The van der Waals surface area contributed by atoms with Crippen LogP contribution in [0.5, 0.6) is 0 Å². The molecule has 350 valence electrons. The Morgan fingerprint density at radius 2 is 0.590 bits per heavy atom. The van der Waals surface area contributed by atoms with Crippen LogP contribution in [0.3, 0.4) is 0 Å². The molecule has 1 aliphatic heterocycles. The maximum Gasteiger partial charge on any atom is 2.00 e. The van der Waals surface area contributed by atoms with Crippen molar-refractivity contribution in [1.82, 2.24) is 0 Å². The quantitative estimate of drug-likeness (QED) is 0.0302. The van der Waals surface area contributed by atoms with Crippen molar-refractivity contribution in [3.63, 3.8) is 0 Å². The van der Waals surface area contributed by atoms with E-state index in [0.29, 0.717) is 0 Å². The van der Waals surface area contributed by atoms with E-state index in [4.69, 9.17) is 0 Å². The molecule has 2 nitrogen and oxygen atoms in total. The van der Waals surface area contributed by atoms with Crippen LogP contribution in [0.25, 0.3) is 16.9 Å². The average Bonchev–Trinajstić information content (AvgIpc) is 3.55. The molecule has 3 heteroatoms. The minimum Gasteiger partial charge on any atom is -0.493 e. The van der Waals surface area contributed by atoms with Crippen molar-refractivity contribution in [2.75, 3.05) is 0 Å². The first-order valence-electron chi connectivity index (χ1n) is 26.1. The topological polar surface area (TPSA) is 25.3 Å². The van der Waals surface area contributed by atoms with E-state index in [1.54, 1.807) is 51.9 Å². The molecule has 0 aromatic heterocycles. The summed E-state index contributed by atoms with van der Waals surface area (Å²) < 4.78 is 1.74. The molecule has 2 aromatic rings. The number of nitrogens with zero attached hydrogens (tertiary/aromatic N) is 2. The molecule has 0 saturated carbocycles. The Labute approximate surface area is 395 Å². The van der Waals surface area contributed by atoms with Crippen LogP contribution < -0.4 is 0 Å². The standard InChI is InChI=1S/C54H88N2.2C2H5.Pd/c1-9-17-25-27-28-30-38-52-51(37-29-26-18-10-2)53(47-39-43(31-19-11-3)49(35-23-15-7)44(40-47)32-20-12-4)56(55)54(52)48-41-45(33-21-13-5)50(36-24-16-8)46(42-48)34-22-14-6;2*1-2;/h39-42H,9-38H2,1-8H3;2*1H2,2H3;/q;2*-1;+2. The maximum absolute atomic E-state index is 13.0. The molecule has 0 amide bonds. The number of hydrogen-bond acceptors (Lipinski definition) is 0. The van der Waals surface area contributed by atoms with Crippen molar-refractivity contribution >= 4 is 11.4 Å². The zero-order valence-electron chi connectivity index (χ0n) is 42.1. The minimum absolute atomic E-state index is 0. The Bertz CT molecular complexity index is 1450. The van der Waals surface area contributed by atoms with Gasteiger partial charge in [-0.05, 0) is 160 Å². The summed E-state index contributed by atoms with van der Waals surface area (Å²) in [5, 5.41) is 0. The number of hydrogen-bond donors (Lipinski definition) is 0. The van der Waals surface area contributed by atoms with Gasteiger partial charge in [0.1, 0.15) is 0 Å². The van der Waals surface area contributed by atoms with Crippen molar-refractivity contribution in [2.45, 2.75) is 262 Å². The van der Waals surface area contributed by atoms with Crippen LogP contribution in [0.4, 0.5) is 0 Å². The molecule has 0 atom stereocenters. The SMILES string of the molecule is CCCCCCCCC1=C(c2cc(CCCC)c(CCCC)c(CCCC)c2)[N+](=[N-])C(c2cc(CCCC)c(CCCC)c(CCCC)c2)=C1CCCCCC.[CH2-]C.[CH2-]C.[Pd+2]. The Kier molecular flexibility index (Phi) is 36.4. The molecule has 0 unspecified atom stereocenters. The van der Waals surface area contributed by atoms with E-state index in [0.717, 1.165) is 49.9 Å². The third kappa shape index (κ3) is 19.9. The van der Waals surface area contributed by atoms with Gasteiger partial charge in [0.25, 0.3) is 0 Å². The number of unbranched alkanes of at least 4 members (excludes halogenated alkanes) is 14. The number of rotatable bonds is 32. The summed E-state index contributed by atoms with van der Waals surface area (Å²) in [6.45, 7) is 28.6. The summed E-state index contributed by atoms with van der Waals surface area (Å²) in [5.41, 5.74) is 30.0. The van der Waals surface area contributed by atoms with Crippen LogP contribution in [0.15, 0.2) is 35.4 Å². The zero-order chi connectivity index (χ0) is 44.5. The molecule has 61 heavy (non-hydrogen) atoms. The summed E-state index contributed by atoms with van der Waals surface area (Å²) in [4.78, 5) is 0. The summed E-state index contributed by atoms with van der Waals surface area (Å²) in [6.07, 6.45) is 36.4. The molecule has 0 aliphatic carbocycles. The first-order valence-corrected chi connectivity index (χ1v) is 26.1. The van der Waals surface area contributed by atoms with Gasteiger partial charge >= 0.3 is 20.4 Å². The number of aryl methyl sites for hydroxylation is 4. The fourth-order valence-electron chi connectivity index (χ4n) is 9.17. The van der Waals surface area contributed by atoms with Crippen LogP contribution in [0, 0.1) is 13.8 Å². The van der Waals surface area contributed by atoms with Crippen LogP contribution >= 0.6 is 0 Å². The molecular formula is C58H98N2Pd. The van der Waals surface area contributed by atoms with E-state index in [1.807, 2.05) is 0 Å². The van der Waals surface area contributed by atoms with Gasteiger partial charge in [0, 0.05) is 22.3 Å². The molecule has 1 aliphatic rings.